The van der Waals surface area contributed by atoms with Gasteiger partial charge in [-0.1, -0.05) is 6.07 Å². The molecule has 0 unspecified atom stereocenters. The van der Waals surface area contributed by atoms with Crippen molar-refractivity contribution < 1.29 is 18.0 Å². The highest BCUT2D eigenvalue weighted by Gasteiger charge is 2.27. The van der Waals surface area contributed by atoms with Crippen LogP contribution in [0.3, 0.4) is 0 Å². The third kappa shape index (κ3) is 4.42. The SMILES string of the molecule is Cc1ccc(Nc2ccc(N3CCN(C(=O)c4ccc(F)c(F)c4F)CC3)nn2)nc1. The van der Waals surface area contributed by atoms with Crippen LogP contribution in [0.5, 0.6) is 0 Å². The van der Waals surface area contributed by atoms with Crippen molar-refractivity contribution in [3.05, 3.63) is 71.2 Å². The molecule has 160 valence electrons. The number of piperazine rings is 1. The van der Waals surface area contributed by atoms with Crippen molar-refractivity contribution in [2.45, 2.75) is 6.92 Å². The van der Waals surface area contributed by atoms with Gasteiger partial charge in [-0.2, -0.15) is 0 Å². The summed E-state index contributed by atoms with van der Waals surface area (Å²) in [4.78, 5) is 20.1. The van der Waals surface area contributed by atoms with Gasteiger partial charge in [-0.15, -0.1) is 10.2 Å². The number of nitrogens with one attached hydrogen (secondary N) is 1. The zero-order valence-electron chi connectivity index (χ0n) is 16.6. The Balaban J connectivity index is 1.37. The molecule has 3 heterocycles. The number of nitrogens with zero attached hydrogens (tertiary/aromatic N) is 5. The molecule has 31 heavy (non-hydrogen) atoms. The first kappa shape index (κ1) is 20.6. The lowest BCUT2D eigenvalue weighted by Crippen LogP contribution is -2.49. The number of halogens is 3. The van der Waals surface area contributed by atoms with E-state index in [0.717, 1.165) is 17.7 Å². The molecule has 10 heteroatoms. The summed E-state index contributed by atoms with van der Waals surface area (Å²) in [6, 6.07) is 9.07. The van der Waals surface area contributed by atoms with Gasteiger partial charge in [0, 0.05) is 32.4 Å². The van der Waals surface area contributed by atoms with Crippen LogP contribution < -0.4 is 10.2 Å². The van der Waals surface area contributed by atoms with Crippen LogP contribution in [0.2, 0.25) is 0 Å². The predicted octanol–water partition coefficient (Wildman–Crippen LogP) is 3.30. The van der Waals surface area contributed by atoms with Crippen molar-refractivity contribution in [1.82, 2.24) is 20.1 Å². The molecule has 1 saturated heterocycles. The summed E-state index contributed by atoms with van der Waals surface area (Å²) in [5, 5.41) is 11.4. The van der Waals surface area contributed by atoms with Crippen molar-refractivity contribution in [3.8, 4) is 0 Å². The van der Waals surface area contributed by atoms with Gasteiger partial charge >= 0.3 is 0 Å². The number of hydrogen-bond acceptors (Lipinski definition) is 6. The molecule has 0 saturated carbocycles. The van der Waals surface area contributed by atoms with Crippen LogP contribution >= 0.6 is 0 Å². The van der Waals surface area contributed by atoms with Crippen molar-refractivity contribution in [2.75, 3.05) is 36.4 Å². The summed E-state index contributed by atoms with van der Waals surface area (Å²) in [7, 11) is 0. The largest absolute Gasteiger partial charge is 0.352 e. The monoisotopic (exact) mass is 428 g/mol. The van der Waals surface area contributed by atoms with E-state index >= 15 is 0 Å². The predicted molar refractivity (Wildman–Crippen MR) is 109 cm³/mol. The highest BCUT2D eigenvalue weighted by molar-refractivity contribution is 5.94. The lowest BCUT2D eigenvalue weighted by atomic mass is 10.1. The minimum atomic E-state index is -1.64. The molecule has 3 aromatic rings. The molecule has 1 N–H and O–H groups in total. The molecule has 0 radical (unpaired) electrons. The average Bonchev–Trinajstić information content (AvgIpc) is 2.79. The smallest absolute Gasteiger partial charge is 0.257 e. The Morgan fingerprint density at radius 2 is 1.65 bits per heavy atom. The molecule has 0 atom stereocenters. The first-order valence-corrected chi connectivity index (χ1v) is 9.63. The molecule has 0 spiro atoms. The third-order valence-electron chi connectivity index (χ3n) is 4.97. The van der Waals surface area contributed by atoms with E-state index in [1.807, 2.05) is 24.0 Å². The molecule has 1 amide bonds. The summed E-state index contributed by atoms with van der Waals surface area (Å²) in [6.45, 7) is 3.40. The van der Waals surface area contributed by atoms with Crippen molar-refractivity contribution in [3.63, 3.8) is 0 Å². The van der Waals surface area contributed by atoms with Gasteiger partial charge in [-0.05, 0) is 42.8 Å². The number of carbonyl (C=O) groups is 1. The van der Waals surface area contributed by atoms with Gasteiger partial charge in [0.05, 0.1) is 5.56 Å². The van der Waals surface area contributed by atoms with E-state index in [1.54, 1.807) is 18.3 Å². The third-order valence-corrected chi connectivity index (χ3v) is 4.97. The zero-order chi connectivity index (χ0) is 22.0. The molecule has 1 aliphatic rings. The summed E-state index contributed by atoms with van der Waals surface area (Å²) in [6.07, 6.45) is 1.75. The molecular weight excluding hydrogens is 409 g/mol. The Kier molecular flexibility index (Phi) is 5.70. The number of anilines is 3. The van der Waals surface area contributed by atoms with Crippen molar-refractivity contribution in [1.29, 1.82) is 0 Å². The van der Waals surface area contributed by atoms with Crippen LogP contribution in [0, 0.1) is 24.4 Å². The highest BCUT2D eigenvalue weighted by Crippen LogP contribution is 2.20. The minimum Gasteiger partial charge on any atom is -0.352 e. The summed E-state index contributed by atoms with van der Waals surface area (Å²) >= 11 is 0. The van der Waals surface area contributed by atoms with E-state index in [0.29, 0.717) is 30.5 Å². The van der Waals surface area contributed by atoms with Crippen molar-refractivity contribution >= 4 is 23.4 Å². The fraction of sp³-hybridized carbons (Fsp3) is 0.238. The molecule has 2 aromatic heterocycles. The highest BCUT2D eigenvalue weighted by atomic mass is 19.2. The average molecular weight is 428 g/mol. The number of hydrogen-bond donors (Lipinski definition) is 1. The summed E-state index contributed by atoms with van der Waals surface area (Å²) < 4.78 is 40.5. The number of pyridine rings is 1. The van der Waals surface area contributed by atoms with Crippen LogP contribution in [0.1, 0.15) is 15.9 Å². The van der Waals surface area contributed by atoms with Crippen LogP contribution in [-0.2, 0) is 0 Å². The minimum absolute atomic E-state index is 0.284. The molecular formula is C21H19F3N6O. The van der Waals surface area contributed by atoms with Gasteiger partial charge in [0.2, 0.25) is 0 Å². The maximum atomic E-state index is 13.9. The second-order valence-corrected chi connectivity index (χ2v) is 7.12. The zero-order valence-corrected chi connectivity index (χ0v) is 16.6. The lowest BCUT2D eigenvalue weighted by molar-refractivity contribution is 0.0740. The fourth-order valence-electron chi connectivity index (χ4n) is 3.23. The molecule has 1 fully saturated rings. The number of aromatic nitrogens is 3. The number of rotatable bonds is 4. The quantitative estimate of drug-likeness (QED) is 0.643. The van der Waals surface area contributed by atoms with Crippen molar-refractivity contribution in [2.24, 2.45) is 0 Å². The molecule has 1 aliphatic heterocycles. The van der Waals surface area contributed by atoms with Gasteiger partial charge in [0.15, 0.2) is 29.1 Å². The van der Waals surface area contributed by atoms with E-state index in [2.05, 4.69) is 20.5 Å². The number of carbonyl (C=O) groups excluding carboxylic acids is 1. The summed E-state index contributed by atoms with van der Waals surface area (Å²) in [5.74, 6) is -3.28. The maximum Gasteiger partial charge on any atom is 0.257 e. The van der Waals surface area contributed by atoms with Crippen LogP contribution in [0.15, 0.2) is 42.6 Å². The van der Waals surface area contributed by atoms with E-state index in [4.69, 9.17) is 0 Å². The van der Waals surface area contributed by atoms with Gasteiger partial charge < -0.3 is 15.1 Å². The normalized spacial score (nSPS) is 13.9. The van der Waals surface area contributed by atoms with Gasteiger partial charge in [-0.3, -0.25) is 4.79 Å². The van der Waals surface area contributed by atoms with Crippen LogP contribution in [-0.4, -0.2) is 52.2 Å². The van der Waals surface area contributed by atoms with E-state index < -0.39 is 28.9 Å². The van der Waals surface area contributed by atoms with Crippen LogP contribution in [0.25, 0.3) is 0 Å². The standard InChI is InChI=1S/C21H19F3N6O/c1-13-2-5-16(25-12-13)26-17-6-7-18(28-27-17)29-8-10-30(11-9-29)21(31)14-3-4-15(22)20(24)19(14)23/h2-7,12H,8-11H2,1H3,(H,25,26,27). The first-order chi connectivity index (χ1) is 14.9. The molecule has 0 bridgehead atoms. The number of amides is 1. The molecule has 4 rings (SSSR count). The first-order valence-electron chi connectivity index (χ1n) is 9.63. The fourth-order valence-corrected chi connectivity index (χ4v) is 3.23. The lowest BCUT2D eigenvalue weighted by Gasteiger charge is -2.35. The second kappa shape index (κ2) is 8.58. The molecule has 7 nitrogen and oxygen atoms in total. The van der Waals surface area contributed by atoms with E-state index in [9.17, 15) is 18.0 Å². The van der Waals surface area contributed by atoms with Gasteiger partial charge in [0.1, 0.15) is 5.82 Å². The van der Waals surface area contributed by atoms with E-state index in [1.165, 1.54) is 4.90 Å². The number of aryl methyl sites for hydroxylation is 1. The summed E-state index contributed by atoms with van der Waals surface area (Å²) in [5.41, 5.74) is 0.573. The molecule has 0 aliphatic carbocycles. The van der Waals surface area contributed by atoms with E-state index in [-0.39, 0.29) is 13.1 Å². The van der Waals surface area contributed by atoms with Gasteiger partial charge in [-0.25, -0.2) is 18.2 Å². The number of benzene rings is 1. The second-order valence-electron chi connectivity index (χ2n) is 7.12. The Hall–Kier alpha value is -3.69. The maximum absolute atomic E-state index is 13.9. The van der Waals surface area contributed by atoms with Gasteiger partial charge in [0.25, 0.3) is 5.91 Å². The molecule has 1 aromatic carbocycles. The van der Waals surface area contributed by atoms with Crippen LogP contribution in [0.4, 0.5) is 30.6 Å². The topological polar surface area (TPSA) is 74.2 Å². The Bertz CT molecular complexity index is 1080. The Morgan fingerprint density at radius 3 is 2.29 bits per heavy atom. The Labute approximate surface area is 176 Å². The Morgan fingerprint density at radius 1 is 0.903 bits per heavy atom.